The minimum Gasteiger partial charge on any atom is -0.336 e. The van der Waals surface area contributed by atoms with Crippen LogP contribution in [-0.4, -0.2) is 35.1 Å². The zero-order valence-corrected chi connectivity index (χ0v) is 18.1. The van der Waals surface area contributed by atoms with E-state index in [4.69, 9.17) is 4.98 Å². The van der Waals surface area contributed by atoms with Crippen LogP contribution in [0, 0.1) is 6.92 Å². The first kappa shape index (κ1) is 20.4. The number of imidazole rings is 1. The molecule has 0 saturated heterocycles. The molecule has 0 aromatic carbocycles. The van der Waals surface area contributed by atoms with Crippen molar-refractivity contribution in [3.8, 4) is 22.8 Å². The van der Waals surface area contributed by atoms with Crippen LogP contribution in [0.25, 0.3) is 51.3 Å². The molecule has 5 heterocycles. The predicted octanol–water partition coefficient (Wildman–Crippen LogP) is 3.70. The number of allylic oxidation sites excluding steroid dienone is 1. The fourth-order valence-electron chi connectivity index (χ4n) is 3.78. The minimum atomic E-state index is -0.490. The summed E-state index contributed by atoms with van der Waals surface area (Å²) in [6.45, 7) is 7.70. The summed E-state index contributed by atoms with van der Waals surface area (Å²) in [7, 11) is 0. The predicted molar refractivity (Wildman–Crippen MR) is 127 cm³/mol. The number of H-pyrrole nitrogens is 2. The van der Waals surface area contributed by atoms with Crippen molar-refractivity contribution in [2.45, 2.75) is 13.8 Å². The van der Waals surface area contributed by atoms with E-state index in [-0.39, 0.29) is 5.57 Å². The maximum Gasteiger partial charge on any atom is 0.159 e. The van der Waals surface area contributed by atoms with Crippen molar-refractivity contribution in [3.63, 3.8) is 0 Å². The van der Waals surface area contributed by atoms with Crippen LogP contribution in [0.2, 0.25) is 0 Å². The maximum absolute atomic E-state index is 15.9. The van der Waals surface area contributed by atoms with Crippen molar-refractivity contribution in [1.29, 1.82) is 0 Å². The van der Waals surface area contributed by atoms with Crippen molar-refractivity contribution in [2.75, 3.05) is 0 Å². The number of rotatable bonds is 4. The van der Waals surface area contributed by atoms with Gasteiger partial charge in [0, 0.05) is 47.7 Å². The number of hydrogen-bond acceptors (Lipinski definition) is 5. The Morgan fingerprint density at radius 2 is 1.82 bits per heavy atom. The van der Waals surface area contributed by atoms with Crippen LogP contribution in [0.15, 0.2) is 61.8 Å². The van der Waals surface area contributed by atoms with Crippen molar-refractivity contribution in [2.24, 2.45) is 0 Å². The Balaban J connectivity index is 1.73. The second kappa shape index (κ2) is 8.23. The first-order chi connectivity index (χ1) is 16.1. The van der Waals surface area contributed by atoms with Crippen molar-refractivity contribution >= 4 is 28.5 Å². The molecule has 0 fully saturated rings. The van der Waals surface area contributed by atoms with E-state index >= 15 is 4.39 Å². The monoisotopic (exact) mass is 437 g/mol. The number of nitrogens with one attached hydrogen (secondary N) is 2. The van der Waals surface area contributed by atoms with E-state index in [1.807, 2.05) is 38.1 Å². The van der Waals surface area contributed by atoms with Gasteiger partial charge in [-0.05, 0) is 43.7 Å². The van der Waals surface area contributed by atoms with Gasteiger partial charge >= 0.3 is 0 Å². The molecule has 8 heteroatoms. The number of pyridine rings is 3. The third-order valence-electron chi connectivity index (χ3n) is 5.51. The quantitative estimate of drug-likeness (QED) is 0.447. The van der Waals surface area contributed by atoms with Crippen LogP contribution in [0.4, 0.5) is 4.39 Å². The maximum atomic E-state index is 15.9. The van der Waals surface area contributed by atoms with E-state index in [9.17, 15) is 0 Å². The van der Waals surface area contributed by atoms with Crippen LogP contribution < -0.4 is 10.6 Å². The average molecular weight is 437 g/mol. The number of halogens is 1. The molecule has 33 heavy (non-hydrogen) atoms. The molecule has 0 atom stereocenters. The number of aromatic nitrogens is 7. The fourth-order valence-corrected chi connectivity index (χ4v) is 3.78. The standard InChI is InChI=1S/C25H20FN7/c1-4-18-20(21(26)15(3)17-13-28-9-5-14(17)2)24(33-32-18)25-30-19-8-12-29-22(23(19)31-25)16-6-10-27-11-7-16/h4-13,32H,3H2,1-2H3,(H,30,31)/b18-4+,21-20-. The third-order valence-corrected chi connectivity index (χ3v) is 5.51. The first-order valence-corrected chi connectivity index (χ1v) is 10.3. The highest BCUT2D eigenvalue weighted by atomic mass is 19.1. The Kier molecular flexibility index (Phi) is 5.10. The highest BCUT2D eigenvalue weighted by molar-refractivity contribution is 5.95. The topological polar surface area (TPSA) is 96.0 Å². The van der Waals surface area contributed by atoms with Gasteiger partial charge in [0.1, 0.15) is 17.0 Å². The van der Waals surface area contributed by atoms with Gasteiger partial charge in [0.2, 0.25) is 0 Å². The molecule has 0 amide bonds. The number of aromatic amines is 2. The number of fused-ring (bicyclic) bond motifs is 1. The lowest BCUT2D eigenvalue weighted by molar-refractivity contribution is 0.764. The molecule has 0 spiro atoms. The number of nitrogens with zero attached hydrogens (tertiary/aromatic N) is 5. The SMILES string of the molecule is C=C(/C(F)=c1/c(-c2nc3c(-c4ccncc4)nccc3[nH]2)n[nH]/c1=C/C)c1cnccc1C. The Bertz CT molecular complexity index is 1610. The van der Waals surface area contributed by atoms with Gasteiger partial charge in [-0.3, -0.25) is 20.1 Å². The molecule has 5 aromatic heterocycles. The molecule has 0 radical (unpaired) electrons. The van der Waals surface area contributed by atoms with Gasteiger partial charge in [0.05, 0.1) is 21.8 Å². The largest absolute Gasteiger partial charge is 0.336 e. The smallest absolute Gasteiger partial charge is 0.159 e. The summed E-state index contributed by atoms with van der Waals surface area (Å²) in [5.41, 5.74) is 5.14. The fraction of sp³-hybridized carbons (Fsp3) is 0.0800. The molecule has 0 unspecified atom stereocenters. The highest BCUT2D eigenvalue weighted by Crippen LogP contribution is 2.28. The van der Waals surface area contributed by atoms with Gasteiger partial charge in [-0.15, -0.1) is 0 Å². The van der Waals surface area contributed by atoms with Gasteiger partial charge in [-0.2, -0.15) is 5.10 Å². The van der Waals surface area contributed by atoms with Crippen LogP contribution in [-0.2, 0) is 0 Å². The summed E-state index contributed by atoms with van der Waals surface area (Å²) in [6.07, 6.45) is 10.2. The second-order valence-corrected chi connectivity index (χ2v) is 7.51. The van der Waals surface area contributed by atoms with Gasteiger partial charge in [-0.1, -0.05) is 12.7 Å². The lowest BCUT2D eigenvalue weighted by Gasteiger charge is -2.06. The molecule has 0 aliphatic carbocycles. The van der Waals surface area contributed by atoms with E-state index in [1.165, 1.54) is 0 Å². The average Bonchev–Trinajstić information content (AvgIpc) is 3.48. The van der Waals surface area contributed by atoms with Crippen LogP contribution in [0.5, 0.6) is 0 Å². The first-order valence-electron chi connectivity index (χ1n) is 10.3. The van der Waals surface area contributed by atoms with Crippen molar-refractivity contribution < 1.29 is 4.39 Å². The molecule has 0 saturated carbocycles. The number of hydrogen-bond donors (Lipinski definition) is 2. The van der Waals surface area contributed by atoms with Gasteiger partial charge in [0.25, 0.3) is 0 Å². The molecule has 5 rings (SSSR count). The van der Waals surface area contributed by atoms with E-state index in [0.717, 1.165) is 16.6 Å². The van der Waals surface area contributed by atoms with E-state index in [1.54, 1.807) is 37.1 Å². The molecular formula is C25H20FN7. The summed E-state index contributed by atoms with van der Waals surface area (Å²) < 4.78 is 15.9. The third kappa shape index (κ3) is 3.51. The Labute approximate surface area is 188 Å². The normalized spacial score (nSPS) is 12.9. The van der Waals surface area contributed by atoms with Crippen LogP contribution in [0.3, 0.4) is 0 Å². The Hall–Kier alpha value is -4.46. The van der Waals surface area contributed by atoms with Crippen LogP contribution in [0.1, 0.15) is 18.1 Å². The lowest BCUT2D eigenvalue weighted by Crippen LogP contribution is -2.26. The summed E-state index contributed by atoms with van der Waals surface area (Å²) in [4.78, 5) is 20.7. The van der Waals surface area contributed by atoms with Gasteiger partial charge in [-0.25, -0.2) is 9.37 Å². The molecule has 0 aliphatic rings. The Morgan fingerprint density at radius 3 is 2.58 bits per heavy atom. The van der Waals surface area contributed by atoms with Gasteiger partial charge in [0.15, 0.2) is 5.82 Å². The van der Waals surface area contributed by atoms with E-state index < -0.39 is 5.83 Å². The lowest BCUT2D eigenvalue weighted by atomic mass is 10.0. The zero-order chi connectivity index (χ0) is 22.9. The summed E-state index contributed by atoms with van der Waals surface area (Å²) in [6, 6.07) is 7.39. The summed E-state index contributed by atoms with van der Waals surface area (Å²) in [5.74, 6) is -0.0607. The zero-order valence-electron chi connectivity index (χ0n) is 18.1. The molecule has 5 aromatic rings. The van der Waals surface area contributed by atoms with Crippen molar-refractivity contribution in [3.05, 3.63) is 83.5 Å². The van der Waals surface area contributed by atoms with Crippen LogP contribution >= 0.6 is 0 Å². The summed E-state index contributed by atoms with van der Waals surface area (Å²) >= 11 is 0. The van der Waals surface area contributed by atoms with Crippen molar-refractivity contribution in [1.82, 2.24) is 35.1 Å². The molecular weight excluding hydrogens is 417 g/mol. The molecule has 7 nitrogen and oxygen atoms in total. The minimum absolute atomic E-state index is 0.238. The molecule has 0 aliphatic heterocycles. The van der Waals surface area contributed by atoms with E-state index in [0.29, 0.717) is 38.9 Å². The second-order valence-electron chi connectivity index (χ2n) is 7.51. The van der Waals surface area contributed by atoms with Gasteiger partial charge < -0.3 is 4.98 Å². The molecule has 2 N–H and O–H groups in total. The Morgan fingerprint density at radius 1 is 1.03 bits per heavy atom. The number of aryl methyl sites for hydroxylation is 1. The highest BCUT2D eigenvalue weighted by Gasteiger charge is 2.18. The molecule has 162 valence electrons. The molecule has 0 bridgehead atoms. The van der Waals surface area contributed by atoms with E-state index in [2.05, 4.69) is 36.7 Å². The summed E-state index contributed by atoms with van der Waals surface area (Å²) in [5, 5.41) is 8.12.